The Morgan fingerprint density at radius 2 is 1.74 bits per heavy atom. The smallest absolute Gasteiger partial charge is 0.227 e. The fraction of sp³-hybridized carbons (Fsp3) is 0.933. The fourth-order valence-electron chi connectivity index (χ4n) is 3.50. The van der Waals surface area contributed by atoms with E-state index in [2.05, 4.69) is 16.8 Å². The second-order valence-corrected chi connectivity index (χ2v) is 6.48. The van der Waals surface area contributed by atoms with Gasteiger partial charge in [-0.25, -0.2) is 0 Å². The Balaban J connectivity index is 2.01. The third-order valence-electron chi connectivity index (χ3n) is 4.64. The second-order valence-electron chi connectivity index (χ2n) is 6.48. The molecule has 0 radical (unpaired) electrons. The molecule has 0 bridgehead atoms. The molecule has 1 aliphatic carbocycles. The van der Waals surface area contributed by atoms with Gasteiger partial charge in [0.2, 0.25) is 5.91 Å². The quantitative estimate of drug-likeness (QED) is 0.754. The number of amides is 1. The summed E-state index contributed by atoms with van der Waals surface area (Å²) in [5.74, 6) is 0.430. The first kappa shape index (κ1) is 14.8. The van der Waals surface area contributed by atoms with E-state index < -0.39 is 0 Å². The van der Waals surface area contributed by atoms with Crippen LogP contribution in [0.15, 0.2) is 0 Å². The van der Waals surface area contributed by atoms with Gasteiger partial charge in [0.25, 0.3) is 0 Å². The van der Waals surface area contributed by atoms with Gasteiger partial charge in [0.1, 0.15) is 0 Å². The van der Waals surface area contributed by atoms with Crippen LogP contribution in [0, 0.1) is 5.92 Å². The predicted octanol–water partition coefficient (Wildman–Crippen LogP) is 1.27. The molecule has 0 aromatic rings. The molecule has 110 valence electrons. The van der Waals surface area contributed by atoms with Crippen molar-refractivity contribution in [2.24, 2.45) is 5.92 Å². The number of carbonyl (C=O) groups excluding carboxylic acids is 1. The summed E-state index contributed by atoms with van der Waals surface area (Å²) >= 11 is 0. The van der Waals surface area contributed by atoms with Crippen molar-refractivity contribution in [2.45, 2.75) is 38.1 Å². The van der Waals surface area contributed by atoms with Crippen LogP contribution in [0.5, 0.6) is 0 Å². The highest BCUT2D eigenvalue weighted by atomic mass is 16.2. The molecule has 1 heterocycles. The third kappa shape index (κ3) is 3.93. The molecule has 1 amide bonds. The van der Waals surface area contributed by atoms with Crippen molar-refractivity contribution >= 4 is 5.91 Å². The van der Waals surface area contributed by atoms with Crippen molar-refractivity contribution in [3.05, 3.63) is 0 Å². The van der Waals surface area contributed by atoms with Gasteiger partial charge in [-0.15, -0.1) is 0 Å². The highest BCUT2D eigenvalue weighted by Gasteiger charge is 2.31. The standard InChI is InChI=1S/C15H29N3O/c1-16(2)15(19)13-11-17(3)9-10-18(12-13)14-7-5-4-6-8-14/h13-14H,4-12H2,1-3H3/t13-/m0/s1. The Morgan fingerprint density at radius 3 is 2.37 bits per heavy atom. The number of hydrogen-bond acceptors (Lipinski definition) is 3. The van der Waals surface area contributed by atoms with Crippen molar-refractivity contribution in [1.29, 1.82) is 0 Å². The minimum Gasteiger partial charge on any atom is -0.348 e. The van der Waals surface area contributed by atoms with Crippen molar-refractivity contribution in [1.82, 2.24) is 14.7 Å². The number of hydrogen-bond donors (Lipinski definition) is 0. The molecule has 2 aliphatic rings. The van der Waals surface area contributed by atoms with E-state index in [9.17, 15) is 4.79 Å². The number of likely N-dealkylation sites (N-methyl/N-ethyl adjacent to an activating group) is 1. The number of nitrogens with zero attached hydrogens (tertiary/aromatic N) is 3. The molecule has 0 aromatic carbocycles. The molecule has 0 aromatic heterocycles. The van der Waals surface area contributed by atoms with Crippen LogP contribution in [0.1, 0.15) is 32.1 Å². The molecule has 1 atom stereocenters. The molecule has 1 saturated heterocycles. The molecule has 1 saturated carbocycles. The average Bonchev–Trinajstić information content (AvgIpc) is 2.61. The molecular weight excluding hydrogens is 238 g/mol. The lowest BCUT2D eigenvalue weighted by Gasteiger charge is -2.34. The normalized spacial score (nSPS) is 28.1. The molecule has 4 nitrogen and oxygen atoms in total. The van der Waals surface area contributed by atoms with Crippen molar-refractivity contribution in [3.8, 4) is 0 Å². The maximum atomic E-state index is 12.3. The summed E-state index contributed by atoms with van der Waals surface area (Å²) in [7, 11) is 5.89. The molecule has 19 heavy (non-hydrogen) atoms. The van der Waals surface area contributed by atoms with Crippen LogP contribution in [0.2, 0.25) is 0 Å². The minimum absolute atomic E-state index is 0.143. The van der Waals surface area contributed by atoms with Crippen LogP contribution >= 0.6 is 0 Å². The van der Waals surface area contributed by atoms with Gasteiger partial charge >= 0.3 is 0 Å². The Labute approximate surface area is 117 Å². The third-order valence-corrected chi connectivity index (χ3v) is 4.64. The molecule has 0 unspecified atom stereocenters. The SMILES string of the molecule is CN1CCN(C2CCCCC2)C[C@@H](C(=O)N(C)C)C1. The average molecular weight is 267 g/mol. The van der Waals surface area contributed by atoms with Gasteiger partial charge in [0.05, 0.1) is 5.92 Å². The first-order valence-corrected chi connectivity index (χ1v) is 7.71. The molecular formula is C15H29N3O. The van der Waals surface area contributed by atoms with Gasteiger partial charge in [-0.3, -0.25) is 9.69 Å². The minimum atomic E-state index is 0.143. The lowest BCUT2D eigenvalue weighted by atomic mass is 9.93. The molecule has 2 fully saturated rings. The van der Waals surface area contributed by atoms with Gasteiger partial charge in [-0.1, -0.05) is 19.3 Å². The lowest BCUT2D eigenvalue weighted by molar-refractivity contribution is -0.133. The van der Waals surface area contributed by atoms with Crippen molar-refractivity contribution in [2.75, 3.05) is 47.3 Å². The first-order chi connectivity index (χ1) is 9.08. The topological polar surface area (TPSA) is 26.8 Å². The van der Waals surface area contributed by atoms with Crippen LogP contribution in [0.3, 0.4) is 0 Å². The van der Waals surface area contributed by atoms with Crippen LogP contribution in [-0.2, 0) is 4.79 Å². The van der Waals surface area contributed by atoms with E-state index in [-0.39, 0.29) is 11.8 Å². The summed E-state index contributed by atoms with van der Waals surface area (Å²) in [6, 6.07) is 0.720. The molecule has 0 spiro atoms. The Kier molecular flexibility index (Phi) is 5.22. The van der Waals surface area contributed by atoms with Crippen LogP contribution in [-0.4, -0.2) is 74.0 Å². The zero-order valence-corrected chi connectivity index (χ0v) is 12.8. The lowest BCUT2D eigenvalue weighted by Crippen LogP contribution is -2.44. The Morgan fingerprint density at radius 1 is 1.05 bits per heavy atom. The molecule has 1 aliphatic heterocycles. The van der Waals surface area contributed by atoms with E-state index in [1.807, 2.05) is 14.1 Å². The van der Waals surface area contributed by atoms with Crippen molar-refractivity contribution in [3.63, 3.8) is 0 Å². The molecule has 4 heteroatoms. The highest BCUT2D eigenvalue weighted by Crippen LogP contribution is 2.24. The maximum absolute atomic E-state index is 12.3. The van der Waals surface area contributed by atoms with E-state index in [0.717, 1.165) is 32.2 Å². The summed E-state index contributed by atoms with van der Waals surface area (Å²) in [4.78, 5) is 19.0. The van der Waals surface area contributed by atoms with E-state index in [4.69, 9.17) is 0 Å². The Bertz CT molecular complexity index is 300. The monoisotopic (exact) mass is 267 g/mol. The first-order valence-electron chi connectivity index (χ1n) is 7.71. The summed E-state index contributed by atoms with van der Waals surface area (Å²) in [5, 5.41) is 0. The molecule has 0 N–H and O–H groups in total. The fourth-order valence-corrected chi connectivity index (χ4v) is 3.50. The van der Waals surface area contributed by atoms with Crippen LogP contribution < -0.4 is 0 Å². The van der Waals surface area contributed by atoms with Gasteiger partial charge < -0.3 is 9.80 Å². The van der Waals surface area contributed by atoms with E-state index in [1.165, 1.54) is 32.1 Å². The van der Waals surface area contributed by atoms with E-state index in [1.54, 1.807) is 4.90 Å². The number of carbonyl (C=O) groups is 1. The summed E-state index contributed by atoms with van der Waals surface area (Å²) in [6.45, 7) is 4.07. The van der Waals surface area contributed by atoms with Gasteiger partial charge in [-0.05, 0) is 19.9 Å². The molecule has 2 rings (SSSR count). The Hall–Kier alpha value is -0.610. The van der Waals surface area contributed by atoms with Crippen LogP contribution in [0.4, 0.5) is 0 Å². The maximum Gasteiger partial charge on any atom is 0.227 e. The van der Waals surface area contributed by atoms with Gasteiger partial charge in [0, 0.05) is 46.3 Å². The van der Waals surface area contributed by atoms with Crippen molar-refractivity contribution < 1.29 is 4.79 Å². The van der Waals surface area contributed by atoms with Gasteiger partial charge in [0.15, 0.2) is 0 Å². The zero-order chi connectivity index (χ0) is 13.8. The summed E-state index contributed by atoms with van der Waals surface area (Å²) in [5.41, 5.74) is 0. The van der Waals surface area contributed by atoms with E-state index in [0.29, 0.717) is 0 Å². The highest BCUT2D eigenvalue weighted by molar-refractivity contribution is 5.78. The summed E-state index contributed by atoms with van der Waals surface area (Å²) in [6.07, 6.45) is 6.77. The second kappa shape index (κ2) is 6.71. The zero-order valence-electron chi connectivity index (χ0n) is 12.8. The van der Waals surface area contributed by atoms with E-state index >= 15 is 0 Å². The largest absolute Gasteiger partial charge is 0.348 e. The van der Waals surface area contributed by atoms with Crippen LogP contribution in [0.25, 0.3) is 0 Å². The summed E-state index contributed by atoms with van der Waals surface area (Å²) < 4.78 is 0. The predicted molar refractivity (Wildman–Crippen MR) is 78.1 cm³/mol. The number of rotatable bonds is 2. The van der Waals surface area contributed by atoms with Gasteiger partial charge in [-0.2, -0.15) is 0 Å².